The van der Waals surface area contributed by atoms with Gasteiger partial charge < -0.3 is 15.2 Å². The summed E-state index contributed by atoms with van der Waals surface area (Å²) in [6, 6.07) is 1.50. The van der Waals surface area contributed by atoms with Gasteiger partial charge in [-0.3, -0.25) is 4.79 Å². The van der Waals surface area contributed by atoms with Crippen molar-refractivity contribution >= 4 is 21.4 Å². The summed E-state index contributed by atoms with van der Waals surface area (Å²) in [7, 11) is 0. The number of aromatic amines is 1. The Morgan fingerprint density at radius 1 is 1.56 bits per heavy atom. The molecule has 0 aliphatic heterocycles. The number of aromatic nitrogens is 3. The first-order chi connectivity index (χ1) is 7.63. The second-order valence-corrected chi connectivity index (χ2v) is 4.04. The first kappa shape index (κ1) is 11.3. The normalized spacial score (nSPS) is 15.2. The SMILES string of the molecule is O=c1[nH]cnn2cc(C(O)C(O)CBr)cc12. The Labute approximate surface area is 98.7 Å². The van der Waals surface area contributed by atoms with E-state index in [0.29, 0.717) is 11.1 Å². The quantitative estimate of drug-likeness (QED) is 0.683. The average Bonchev–Trinajstić information content (AvgIpc) is 2.72. The van der Waals surface area contributed by atoms with Crippen LogP contribution in [-0.2, 0) is 0 Å². The van der Waals surface area contributed by atoms with Crippen LogP contribution in [0.2, 0.25) is 0 Å². The topological polar surface area (TPSA) is 90.6 Å². The van der Waals surface area contributed by atoms with Gasteiger partial charge in [0.1, 0.15) is 17.9 Å². The molecule has 7 heteroatoms. The Morgan fingerprint density at radius 3 is 2.94 bits per heavy atom. The third kappa shape index (κ3) is 1.89. The van der Waals surface area contributed by atoms with E-state index in [4.69, 9.17) is 0 Å². The molecule has 0 saturated heterocycles. The number of rotatable bonds is 3. The maximum atomic E-state index is 11.4. The van der Waals surface area contributed by atoms with Crippen molar-refractivity contribution < 1.29 is 10.2 Å². The summed E-state index contributed by atoms with van der Waals surface area (Å²) in [6.07, 6.45) is 0.824. The molecule has 0 radical (unpaired) electrons. The number of nitrogens with zero attached hydrogens (tertiary/aromatic N) is 2. The lowest BCUT2D eigenvalue weighted by molar-refractivity contribution is 0.0343. The van der Waals surface area contributed by atoms with Crippen molar-refractivity contribution in [1.29, 1.82) is 0 Å². The summed E-state index contributed by atoms with van der Waals surface area (Å²) < 4.78 is 1.36. The Morgan fingerprint density at radius 2 is 2.31 bits per heavy atom. The molecule has 2 rings (SSSR count). The maximum absolute atomic E-state index is 11.4. The highest BCUT2D eigenvalue weighted by Gasteiger charge is 2.19. The number of hydrogen-bond donors (Lipinski definition) is 3. The first-order valence-electron chi connectivity index (χ1n) is 4.61. The van der Waals surface area contributed by atoms with Crippen molar-refractivity contribution in [2.24, 2.45) is 0 Å². The van der Waals surface area contributed by atoms with E-state index in [1.165, 1.54) is 23.1 Å². The fourth-order valence-electron chi connectivity index (χ4n) is 1.43. The molecular formula is C9H10BrN3O3. The van der Waals surface area contributed by atoms with Gasteiger partial charge in [-0.25, -0.2) is 4.52 Å². The smallest absolute Gasteiger partial charge is 0.275 e. The number of nitrogens with one attached hydrogen (secondary N) is 1. The Kier molecular flexibility index (Phi) is 3.08. The van der Waals surface area contributed by atoms with Crippen LogP contribution < -0.4 is 5.56 Å². The van der Waals surface area contributed by atoms with Crippen molar-refractivity contribution in [3.63, 3.8) is 0 Å². The molecule has 2 unspecified atom stereocenters. The number of hydrogen-bond acceptors (Lipinski definition) is 4. The van der Waals surface area contributed by atoms with E-state index >= 15 is 0 Å². The van der Waals surface area contributed by atoms with Crippen molar-refractivity contribution in [2.75, 3.05) is 5.33 Å². The standard InChI is InChI=1S/C9H10BrN3O3/c10-2-7(14)8(15)5-1-6-9(16)11-4-12-13(6)3-5/h1,3-4,7-8,14-15H,2H2,(H,11,12,16). The molecule has 2 atom stereocenters. The number of aliphatic hydroxyl groups is 2. The summed E-state index contributed by atoms with van der Waals surface area (Å²) in [5.74, 6) is 0. The van der Waals surface area contributed by atoms with Gasteiger partial charge in [0.15, 0.2) is 0 Å². The van der Waals surface area contributed by atoms with E-state index in [9.17, 15) is 15.0 Å². The van der Waals surface area contributed by atoms with Gasteiger partial charge in [0.05, 0.1) is 6.10 Å². The summed E-state index contributed by atoms with van der Waals surface area (Å²) in [6.45, 7) is 0. The van der Waals surface area contributed by atoms with Crippen molar-refractivity contribution in [1.82, 2.24) is 14.6 Å². The maximum Gasteiger partial charge on any atom is 0.275 e. The zero-order valence-electron chi connectivity index (χ0n) is 8.17. The van der Waals surface area contributed by atoms with E-state index in [1.807, 2.05) is 0 Å². The summed E-state index contributed by atoms with van der Waals surface area (Å²) in [5, 5.41) is 23.4. The molecule has 0 aliphatic carbocycles. The molecule has 0 fully saturated rings. The average molecular weight is 288 g/mol. The third-order valence-corrected chi connectivity index (χ3v) is 2.96. The summed E-state index contributed by atoms with van der Waals surface area (Å²) in [4.78, 5) is 13.8. The van der Waals surface area contributed by atoms with E-state index in [-0.39, 0.29) is 10.9 Å². The highest BCUT2D eigenvalue weighted by atomic mass is 79.9. The Bertz CT molecular complexity index is 550. The van der Waals surface area contributed by atoms with Gasteiger partial charge in [0, 0.05) is 17.1 Å². The van der Waals surface area contributed by atoms with E-state index < -0.39 is 12.2 Å². The molecule has 86 valence electrons. The number of aliphatic hydroxyl groups excluding tert-OH is 2. The predicted octanol–water partition coefficient (Wildman–Crippen LogP) is -0.188. The molecule has 0 bridgehead atoms. The summed E-state index contributed by atoms with van der Waals surface area (Å²) >= 11 is 3.07. The number of fused-ring (bicyclic) bond motifs is 1. The highest BCUT2D eigenvalue weighted by Crippen LogP contribution is 2.19. The second-order valence-electron chi connectivity index (χ2n) is 3.39. The zero-order chi connectivity index (χ0) is 11.7. The molecular weight excluding hydrogens is 278 g/mol. The summed E-state index contributed by atoms with van der Waals surface area (Å²) in [5.41, 5.74) is 0.497. The van der Waals surface area contributed by atoms with Gasteiger partial charge in [0.25, 0.3) is 5.56 Å². The first-order valence-corrected chi connectivity index (χ1v) is 5.73. The van der Waals surface area contributed by atoms with Crippen LogP contribution in [-0.4, -0.2) is 36.2 Å². The van der Waals surface area contributed by atoms with E-state index in [1.54, 1.807) is 0 Å². The van der Waals surface area contributed by atoms with Crippen LogP contribution in [0.1, 0.15) is 11.7 Å². The molecule has 2 heterocycles. The van der Waals surface area contributed by atoms with Gasteiger partial charge in [0.2, 0.25) is 0 Å². The molecule has 0 spiro atoms. The molecule has 0 amide bonds. The minimum atomic E-state index is -1.04. The fourth-order valence-corrected chi connectivity index (χ4v) is 1.78. The largest absolute Gasteiger partial charge is 0.389 e. The molecule has 0 aromatic carbocycles. The lowest BCUT2D eigenvalue weighted by Gasteiger charge is -2.13. The molecule has 2 aromatic rings. The van der Waals surface area contributed by atoms with Crippen LogP contribution in [0.4, 0.5) is 0 Å². The highest BCUT2D eigenvalue weighted by molar-refractivity contribution is 9.09. The molecule has 0 saturated carbocycles. The zero-order valence-corrected chi connectivity index (χ0v) is 9.75. The van der Waals surface area contributed by atoms with Crippen molar-refractivity contribution in [2.45, 2.75) is 12.2 Å². The predicted molar refractivity (Wildman–Crippen MR) is 60.6 cm³/mol. The molecule has 0 aliphatic rings. The second kappa shape index (κ2) is 4.36. The number of halogens is 1. The monoisotopic (exact) mass is 287 g/mol. The number of alkyl halides is 1. The number of H-pyrrole nitrogens is 1. The van der Waals surface area contributed by atoms with Crippen LogP contribution >= 0.6 is 15.9 Å². The van der Waals surface area contributed by atoms with Crippen LogP contribution in [0.25, 0.3) is 5.52 Å². The van der Waals surface area contributed by atoms with Gasteiger partial charge in [-0.15, -0.1) is 0 Å². The van der Waals surface area contributed by atoms with Gasteiger partial charge in [-0.05, 0) is 6.07 Å². The van der Waals surface area contributed by atoms with Crippen LogP contribution in [0.3, 0.4) is 0 Å². The van der Waals surface area contributed by atoms with Crippen molar-refractivity contribution in [3.8, 4) is 0 Å². The van der Waals surface area contributed by atoms with Crippen LogP contribution in [0.15, 0.2) is 23.4 Å². The van der Waals surface area contributed by atoms with Crippen molar-refractivity contribution in [3.05, 3.63) is 34.5 Å². The van der Waals surface area contributed by atoms with E-state index in [0.717, 1.165) is 0 Å². The molecule has 3 N–H and O–H groups in total. The third-order valence-electron chi connectivity index (χ3n) is 2.30. The molecule has 16 heavy (non-hydrogen) atoms. The van der Waals surface area contributed by atoms with E-state index in [2.05, 4.69) is 26.0 Å². The Balaban J connectivity index is 2.47. The van der Waals surface area contributed by atoms with Crippen LogP contribution in [0, 0.1) is 0 Å². The molecule has 6 nitrogen and oxygen atoms in total. The molecule has 2 aromatic heterocycles. The lowest BCUT2D eigenvalue weighted by atomic mass is 10.1. The lowest BCUT2D eigenvalue weighted by Crippen LogP contribution is -2.18. The van der Waals surface area contributed by atoms with Crippen LogP contribution in [0.5, 0.6) is 0 Å². The van der Waals surface area contributed by atoms with Gasteiger partial charge >= 0.3 is 0 Å². The minimum Gasteiger partial charge on any atom is -0.389 e. The minimum absolute atomic E-state index is 0.254. The Hall–Kier alpha value is -1.18. The fraction of sp³-hybridized carbons (Fsp3) is 0.333. The van der Waals surface area contributed by atoms with Gasteiger partial charge in [-0.1, -0.05) is 15.9 Å². The van der Waals surface area contributed by atoms with Gasteiger partial charge in [-0.2, -0.15) is 5.10 Å².